The first-order chi connectivity index (χ1) is 5.34. The molecule has 1 N–H and O–H groups in total. The van der Waals surface area contributed by atoms with Gasteiger partial charge in [0.2, 0.25) is 0 Å². The molecule has 0 saturated carbocycles. The van der Waals surface area contributed by atoms with E-state index in [0.717, 1.165) is 0 Å². The molecular formula is C6H6Cl2O3S. The Kier molecular flexibility index (Phi) is 2.54. The van der Waals surface area contributed by atoms with Crippen molar-refractivity contribution in [3.05, 3.63) is 24.3 Å². The molecule has 0 aromatic carbocycles. The summed E-state index contributed by atoms with van der Waals surface area (Å²) >= 11 is 11.2. The predicted octanol–water partition coefficient (Wildman–Crippen LogP) is 1.54. The smallest absolute Gasteiger partial charge is 0.274 e. The van der Waals surface area contributed by atoms with Crippen LogP contribution in [0.15, 0.2) is 24.3 Å². The lowest BCUT2D eigenvalue weighted by Gasteiger charge is -2.23. The molecule has 1 unspecified atom stereocenters. The van der Waals surface area contributed by atoms with Crippen molar-refractivity contribution in [2.24, 2.45) is 0 Å². The van der Waals surface area contributed by atoms with Crippen molar-refractivity contribution in [1.29, 1.82) is 0 Å². The lowest BCUT2D eigenvalue weighted by Crippen LogP contribution is -2.35. The van der Waals surface area contributed by atoms with Crippen LogP contribution in [-0.2, 0) is 10.1 Å². The summed E-state index contributed by atoms with van der Waals surface area (Å²) < 4.78 is 28.5. The van der Waals surface area contributed by atoms with Crippen LogP contribution in [-0.4, -0.2) is 22.6 Å². The monoisotopic (exact) mass is 228 g/mol. The quantitative estimate of drug-likeness (QED) is 0.548. The van der Waals surface area contributed by atoms with Gasteiger partial charge in [0.25, 0.3) is 10.1 Å². The highest BCUT2D eigenvalue weighted by Gasteiger charge is 2.40. The molecule has 3 nitrogen and oxygen atoms in total. The Morgan fingerprint density at radius 2 is 1.92 bits per heavy atom. The van der Waals surface area contributed by atoms with E-state index < -0.39 is 19.7 Å². The first-order valence-corrected chi connectivity index (χ1v) is 5.30. The molecule has 0 spiro atoms. The average molecular weight is 229 g/mol. The molecule has 0 heterocycles. The van der Waals surface area contributed by atoms with Gasteiger partial charge in [0.15, 0.2) is 4.33 Å². The Morgan fingerprint density at radius 1 is 1.33 bits per heavy atom. The zero-order valence-corrected chi connectivity index (χ0v) is 8.14. The SMILES string of the molecule is O=S(=O)(O)C1C=CC=CC1(Cl)Cl. The largest absolute Gasteiger partial charge is 0.285 e. The minimum absolute atomic E-state index is 1.23. The second-order valence-electron chi connectivity index (χ2n) is 2.35. The molecule has 0 aromatic rings. The summed E-state index contributed by atoms with van der Waals surface area (Å²) in [5.41, 5.74) is 0. The van der Waals surface area contributed by atoms with Gasteiger partial charge < -0.3 is 0 Å². The van der Waals surface area contributed by atoms with E-state index in [-0.39, 0.29) is 0 Å². The van der Waals surface area contributed by atoms with Gasteiger partial charge in [0, 0.05) is 0 Å². The molecular weight excluding hydrogens is 223 g/mol. The van der Waals surface area contributed by atoms with E-state index in [4.69, 9.17) is 27.8 Å². The maximum atomic E-state index is 10.7. The molecule has 1 aliphatic carbocycles. The number of halogens is 2. The van der Waals surface area contributed by atoms with Gasteiger partial charge in [-0.2, -0.15) is 8.42 Å². The third kappa shape index (κ3) is 2.01. The summed E-state index contributed by atoms with van der Waals surface area (Å²) in [6, 6.07) is 0. The molecule has 0 aromatic heterocycles. The van der Waals surface area contributed by atoms with Crippen molar-refractivity contribution < 1.29 is 13.0 Å². The van der Waals surface area contributed by atoms with Crippen molar-refractivity contribution >= 4 is 33.3 Å². The molecule has 1 aliphatic rings. The van der Waals surface area contributed by atoms with Crippen LogP contribution in [0.1, 0.15) is 0 Å². The first-order valence-electron chi connectivity index (χ1n) is 3.04. The summed E-state index contributed by atoms with van der Waals surface area (Å²) in [6.45, 7) is 0. The zero-order valence-electron chi connectivity index (χ0n) is 5.81. The van der Waals surface area contributed by atoms with Gasteiger partial charge in [0.1, 0.15) is 5.25 Å². The highest BCUT2D eigenvalue weighted by atomic mass is 35.5. The second-order valence-corrected chi connectivity index (χ2v) is 5.34. The van der Waals surface area contributed by atoms with Gasteiger partial charge in [-0.25, -0.2) is 0 Å². The van der Waals surface area contributed by atoms with Gasteiger partial charge in [-0.3, -0.25) is 4.55 Å². The fourth-order valence-electron chi connectivity index (χ4n) is 0.870. The van der Waals surface area contributed by atoms with Crippen molar-refractivity contribution in [1.82, 2.24) is 0 Å². The highest BCUT2D eigenvalue weighted by molar-refractivity contribution is 7.86. The molecule has 0 fully saturated rings. The molecule has 12 heavy (non-hydrogen) atoms. The molecule has 1 atom stereocenters. The van der Waals surface area contributed by atoms with E-state index in [1.807, 2.05) is 0 Å². The predicted molar refractivity (Wildman–Crippen MR) is 48.1 cm³/mol. The Balaban J connectivity index is 3.08. The topological polar surface area (TPSA) is 54.4 Å². The van der Waals surface area contributed by atoms with Gasteiger partial charge in [-0.1, -0.05) is 41.4 Å². The van der Waals surface area contributed by atoms with Crippen LogP contribution in [0.4, 0.5) is 0 Å². The molecule has 68 valence electrons. The lowest BCUT2D eigenvalue weighted by molar-refractivity contribution is 0.473. The normalized spacial score (nSPS) is 27.4. The Labute approximate surface area is 80.4 Å². The molecule has 0 aliphatic heterocycles. The molecule has 6 heteroatoms. The Bertz CT molecular complexity index is 329. The van der Waals surface area contributed by atoms with Crippen LogP contribution < -0.4 is 0 Å². The van der Waals surface area contributed by atoms with Crippen LogP contribution in [0.3, 0.4) is 0 Å². The molecule has 1 rings (SSSR count). The lowest BCUT2D eigenvalue weighted by atomic mass is 10.2. The van der Waals surface area contributed by atoms with E-state index in [1.54, 1.807) is 0 Å². The zero-order chi connectivity index (χ0) is 9.41. The van der Waals surface area contributed by atoms with Crippen molar-refractivity contribution in [2.45, 2.75) is 9.58 Å². The van der Waals surface area contributed by atoms with E-state index in [1.165, 1.54) is 24.3 Å². The minimum atomic E-state index is -4.24. The number of hydrogen-bond donors (Lipinski definition) is 1. The van der Waals surface area contributed by atoms with Crippen LogP contribution in [0.2, 0.25) is 0 Å². The van der Waals surface area contributed by atoms with Gasteiger partial charge in [-0.15, -0.1) is 0 Å². The van der Waals surface area contributed by atoms with Crippen LogP contribution >= 0.6 is 23.2 Å². The summed E-state index contributed by atoms with van der Waals surface area (Å²) in [5.74, 6) is 0. The van der Waals surface area contributed by atoms with E-state index >= 15 is 0 Å². The maximum Gasteiger partial charge on any atom is 0.274 e. The van der Waals surface area contributed by atoms with E-state index in [2.05, 4.69) is 0 Å². The van der Waals surface area contributed by atoms with Gasteiger partial charge >= 0.3 is 0 Å². The van der Waals surface area contributed by atoms with Gasteiger partial charge in [0.05, 0.1) is 0 Å². The van der Waals surface area contributed by atoms with Crippen molar-refractivity contribution in [2.75, 3.05) is 0 Å². The summed E-state index contributed by atoms with van der Waals surface area (Å²) in [6.07, 6.45) is 5.51. The molecule has 0 bridgehead atoms. The van der Waals surface area contributed by atoms with Gasteiger partial charge in [-0.05, 0) is 6.08 Å². The molecule has 0 radical (unpaired) electrons. The number of allylic oxidation sites excluding steroid dienone is 3. The fraction of sp³-hybridized carbons (Fsp3) is 0.333. The molecule has 0 saturated heterocycles. The van der Waals surface area contributed by atoms with Crippen LogP contribution in [0.25, 0.3) is 0 Å². The van der Waals surface area contributed by atoms with Crippen LogP contribution in [0.5, 0.6) is 0 Å². The average Bonchev–Trinajstić information content (AvgIpc) is 1.83. The Morgan fingerprint density at radius 3 is 2.25 bits per heavy atom. The first kappa shape index (κ1) is 10.1. The third-order valence-electron chi connectivity index (χ3n) is 1.42. The highest BCUT2D eigenvalue weighted by Crippen LogP contribution is 2.34. The fourth-order valence-corrected chi connectivity index (χ4v) is 2.60. The summed E-state index contributed by atoms with van der Waals surface area (Å²) in [4.78, 5) is 0. The summed E-state index contributed by atoms with van der Waals surface area (Å²) in [7, 11) is -4.24. The number of rotatable bonds is 1. The summed E-state index contributed by atoms with van der Waals surface area (Å²) in [5, 5.41) is -1.29. The second kappa shape index (κ2) is 3.03. The number of hydrogen-bond acceptors (Lipinski definition) is 2. The number of alkyl halides is 2. The van der Waals surface area contributed by atoms with E-state index in [0.29, 0.717) is 0 Å². The minimum Gasteiger partial charge on any atom is -0.285 e. The maximum absolute atomic E-state index is 10.7. The van der Waals surface area contributed by atoms with E-state index in [9.17, 15) is 8.42 Å². The standard InChI is InChI=1S/C6H6Cl2O3S/c7-6(8)4-2-1-3-5(6)12(9,10)11/h1-5H,(H,9,10,11). The molecule has 0 amide bonds. The van der Waals surface area contributed by atoms with Crippen LogP contribution in [0, 0.1) is 0 Å². The third-order valence-corrected chi connectivity index (χ3v) is 3.57. The van der Waals surface area contributed by atoms with Crippen molar-refractivity contribution in [3.8, 4) is 0 Å². The van der Waals surface area contributed by atoms with Crippen molar-refractivity contribution in [3.63, 3.8) is 0 Å². The Hall–Kier alpha value is -0.0300.